The Morgan fingerprint density at radius 3 is 2.59 bits per heavy atom. The maximum Gasteiger partial charge on any atom is 0.307 e. The standard InChI is InChI=1S/C13H26N2O2/c1-3-14(11-12(2)13(16)17)9-6-10-15-7-4-5-8-15/h12H,3-11H2,1-2H3,(H,16,17). The summed E-state index contributed by atoms with van der Waals surface area (Å²) in [5.74, 6) is -0.954. The molecule has 1 unspecified atom stereocenters. The minimum absolute atomic E-state index is 0.262. The van der Waals surface area contributed by atoms with Crippen LogP contribution in [0.2, 0.25) is 0 Å². The van der Waals surface area contributed by atoms with E-state index in [4.69, 9.17) is 5.11 Å². The van der Waals surface area contributed by atoms with Gasteiger partial charge in [0, 0.05) is 6.54 Å². The molecule has 0 aromatic carbocycles. The van der Waals surface area contributed by atoms with Gasteiger partial charge in [-0.15, -0.1) is 0 Å². The van der Waals surface area contributed by atoms with Crippen LogP contribution in [0.1, 0.15) is 33.1 Å². The topological polar surface area (TPSA) is 43.8 Å². The number of hydrogen-bond donors (Lipinski definition) is 1. The van der Waals surface area contributed by atoms with Gasteiger partial charge in [-0.2, -0.15) is 0 Å². The van der Waals surface area contributed by atoms with Crippen LogP contribution >= 0.6 is 0 Å². The molecule has 4 heteroatoms. The number of aliphatic carboxylic acids is 1. The molecule has 0 aromatic heterocycles. The van der Waals surface area contributed by atoms with Crippen molar-refractivity contribution in [1.82, 2.24) is 9.80 Å². The maximum atomic E-state index is 10.8. The Balaban J connectivity index is 2.15. The zero-order valence-electron chi connectivity index (χ0n) is 11.2. The van der Waals surface area contributed by atoms with Crippen LogP contribution in [0.5, 0.6) is 0 Å². The minimum Gasteiger partial charge on any atom is -0.481 e. The first-order valence-electron chi connectivity index (χ1n) is 6.81. The lowest BCUT2D eigenvalue weighted by Gasteiger charge is -2.23. The number of carboxylic acid groups (broad SMARTS) is 1. The van der Waals surface area contributed by atoms with E-state index in [9.17, 15) is 4.79 Å². The highest BCUT2D eigenvalue weighted by atomic mass is 16.4. The number of nitrogens with zero attached hydrogens (tertiary/aromatic N) is 2. The van der Waals surface area contributed by atoms with Crippen molar-refractivity contribution in [2.75, 3.05) is 39.3 Å². The van der Waals surface area contributed by atoms with Gasteiger partial charge in [0.15, 0.2) is 0 Å². The van der Waals surface area contributed by atoms with Crippen LogP contribution in [0, 0.1) is 5.92 Å². The fraction of sp³-hybridized carbons (Fsp3) is 0.923. The first-order valence-corrected chi connectivity index (χ1v) is 6.81. The van der Waals surface area contributed by atoms with E-state index in [0.717, 1.165) is 26.1 Å². The van der Waals surface area contributed by atoms with Crippen LogP contribution < -0.4 is 0 Å². The Bertz CT molecular complexity index is 227. The zero-order valence-corrected chi connectivity index (χ0v) is 11.2. The summed E-state index contributed by atoms with van der Waals surface area (Å²) in [5, 5.41) is 8.89. The molecule has 1 aliphatic rings. The highest BCUT2D eigenvalue weighted by Crippen LogP contribution is 2.08. The Kier molecular flexibility index (Phi) is 6.52. The van der Waals surface area contributed by atoms with Crippen LogP contribution in [-0.4, -0.2) is 60.1 Å². The summed E-state index contributed by atoms with van der Waals surface area (Å²) in [5.41, 5.74) is 0. The number of carbonyl (C=O) groups is 1. The van der Waals surface area contributed by atoms with Crippen LogP contribution in [0.4, 0.5) is 0 Å². The van der Waals surface area contributed by atoms with Gasteiger partial charge in [0.25, 0.3) is 0 Å². The van der Waals surface area contributed by atoms with Gasteiger partial charge in [-0.25, -0.2) is 0 Å². The second-order valence-corrected chi connectivity index (χ2v) is 5.03. The third-order valence-corrected chi connectivity index (χ3v) is 3.55. The van der Waals surface area contributed by atoms with Crippen LogP contribution in [-0.2, 0) is 4.79 Å². The Morgan fingerprint density at radius 2 is 2.06 bits per heavy atom. The number of likely N-dealkylation sites (tertiary alicyclic amines) is 1. The molecule has 100 valence electrons. The molecule has 17 heavy (non-hydrogen) atoms. The zero-order chi connectivity index (χ0) is 12.7. The molecular weight excluding hydrogens is 216 g/mol. The fourth-order valence-corrected chi connectivity index (χ4v) is 2.37. The molecule has 4 nitrogen and oxygen atoms in total. The molecule has 0 spiro atoms. The summed E-state index contributed by atoms with van der Waals surface area (Å²) in [6, 6.07) is 0. The SMILES string of the molecule is CCN(CCCN1CCCC1)CC(C)C(=O)O. The Morgan fingerprint density at radius 1 is 1.41 bits per heavy atom. The lowest BCUT2D eigenvalue weighted by atomic mass is 10.1. The van der Waals surface area contributed by atoms with E-state index in [1.165, 1.54) is 25.9 Å². The van der Waals surface area contributed by atoms with Crippen molar-refractivity contribution in [3.63, 3.8) is 0 Å². The number of carboxylic acids is 1. The van der Waals surface area contributed by atoms with Crippen molar-refractivity contribution < 1.29 is 9.90 Å². The third-order valence-electron chi connectivity index (χ3n) is 3.55. The van der Waals surface area contributed by atoms with Crippen molar-refractivity contribution in [2.45, 2.75) is 33.1 Å². The number of hydrogen-bond acceptors (Lipinski definition) is 3. The summed E-state index contributed by atoms with van der Waals surface area (Å²) in [6.45, 7) is 10.2. The second-order valence-electron chi connectivity index (χ2n) is 5.03. The van der Waals surface area contributed by atoms with Crippen LogP contribution in [0.25, 0.3) is 0 Å². The van der Waals surface area contributed by atoms with E-state index in [2.05, 4.69) is 16.7 Å². The summed E-state index contributed by atoms with van der Waals surface area (Å²) in [6.07, 6.45) is 3.83. The molecule has 0 bridgehead atoms. The van der Waals surface area contributed by atoms with Crippen molar-refractivity contribution >= 4 is 5.97 Å². The van der Waals surface area contributed by atoms with E-state index in [0.29, 0.717) is 6.54 Å². The minimum atomic E-state index is -0.692. The first kappa shape index (κ1) is 14.5. The molecule has 0 saturated carbocycles. The quantitative estimate of drug-likeness (QED) is 0.701. The molecule has 1 saturated heterocycles. The van der Waals surface area contributed by atoms with Gasteiger partial charge in [-0.3, -0.25) is 4.79 Å². The van der Waals surface area contributed by atoms with Gasteiger partial charge in [0.2, 0.25) is 0 Å². The van der Waals surface area contributed by atoms with Gasteiger partial charge >= 0.3 is 5.97 Å². The van der Waals surface area contributed by atoms with E-state index in [-0.39, 0.29) is 5.92 Å². The highest BCUT2D eigenvalue weighted by molar-refractivity contribution is 5.69. The Hall–Kier alpha value is -0.610. The summed E-state index contributed by atoms with van der Waals surface area (Å²) in [4.78, 5) is 15.6. The van der Waals surface area contributed by atoms with Gasteiger partial charge in [0.1, 0.15) is 0 Å². The monoisotopic (exact) mass is 242 g/mol. The average molecular weight is 242 g/mol. The van der Waals surface area contributed by atoms with Gasteiger partial charge < -0.3 is 14.9 Å². The highest BCUT2D eigenvalue weighted by Gasteiger charge is 2.15. The molecule has 1 heterocycles. The van der Waals surface area contributed by atoms with Gasteiger partial charge in [-0.05, 0) is 52.0 Å². The lowest BCUT2D eigenvalue weighted by Crippen LogP contribution is -2.34. The summed E-state index contributed by atoms with van der Waals surface area (Å²) >= 11 is 0. The van der Waals surface area contributed by atoms with Gasteiger partial charge in [-0.1, -0.05) is 13.8 Å². The van der Waals surface area contributed by atoms with E-state index in [1.807, 2.05) is 0 Å². The molecule has 0 aliphatic carbocycles. The maximum absolute atomic E-state index is 10.8. The fourth-order valence-electron chi connectivity index (χ4n) is 2.37. The van der Waals surface area contributed by atoms with E-state index < -0.39 is 5.97 Å². The van der Waals surface area contributed by atoms with E-state index in [1.54, 1.807) is 6.92 Å². The van der Waals surface area contributed by atoms with Crippen molar-refractivity contribution in [3.05, 3.63) is 0 Å². The molecule has 1 atom stereocenters. The Labute approximate surface area is 105 Å². The second kappa shape index (κ2) is 7.67. The average Bonchev–Trinajstić information content (AvgIpc) is 2.80. The molecule has 1 aliphatic heterocycles. The van der Waals surface area contributed by atoms with Crippen molar-refractivity contribution in [1.29, 1.82) is 0 Å². The first-order chi connectivity index (χ1) is 8.13. The van der Waals surface area contributed by atoms with E-state index >= 15 is 0 Å². The molecule has 0 radical (unpaired) electrons. The molecule has 0 amide bonds. The predicted molar refractivity (Wildman–Crippen MR) is 69.2 cm³/mol. The predicted octanol–water partition coefficient (Wildman–Crippen LogP) is 1.51. The molecule has 1 N–H and O–H groups in total. The molecule has 0 aromatic rings. The molecular formula is C13H26N2O2. The summed E-state index contributed by atoms with van der Waals surface area (Å²) < 4.78 is 0. The van der Waals surface area contributed by atoms with Crippen molar-refractivity contribution in [3.8, 4) is 0 Å². The van der Waals surface area contributed by atoms with Crippen molar-refractivity contribution in [2.24, 2.45) is 5.92 Å². The smallest absolute Gasteiger partial charge is 0.307 e. The van der Waals surface area contributed by atoms with Crippen LogP contribution in [0.15, 0.2) is 0 Å². The largest absolute Gasteiger partial charge is 0.481 e. The molecule has 1 fully saturated rings. The normalized spacial score (nSPS) is 18.8. The number of rotatable bonds is 8. The third kappa shape index (κ3) is 5.50. The summed E-state index contributed by atoms with van der Waals surface area (Å²) in [7, 11) is 0. The lowest BCUT2D eigenvalue weighted by molar-refractivity contribution is -0.141. The van der Waals surface area contributed by atoms with Gasteiger partial charge in [0.05, 0.1) is 5.92 Å². The molecule has 1 rings (SSSR count). The van der Waals surface area contributed by atoms with Crippen LogP contribution in [0.3, 0.4) is 0 Å².